The molecule has 0 fully saturated rings. The van der Waals surface area contributed by atoms with Crippen LogP contribution in [0.4, 0.5) is 5.69 Å². The van der Waals surface area contributed by atoms with Crippen LogP contribution >= 0.6 is 11.6 Å². The van der Waals surface area contributed by atoms with Crippen LogP contribution in [0.5, 0.6) is 5.75 Å². The van der Waals surface area contributed by atoms with Gasteiger partial charge >= 0.3 is 0 Å². The third-order valence-electron chi connectivity index (χ3n) is 4.02. The van der Waals surface area contributed by atoms with E-state index in [1.165, 1.54) is 6.20 Å². The highest BCUT2D eigenvalue weighted by Gasteiger charge is 2.14. The van der Waals surface area contributed by atoms with Crippen molar-refractivity contribution >= 4 is 23.2 Å². The van der Waals surface area contributed by atoms with E-state index in [1.807, 2.05) is 37.3 Å². The van der Waals surface area contributed by atoms with Crippen molar-refractivity contribution in [1.82, 2.24) is 9.97 Å². The van der Waals surface area contributed by atoms with Crippen molar-refractivity contribution in [3.05, 3.63) is 70.5 Å². The molecule has 132 valence electrons. The third-order valence-corrected chi connectivity index (χ3v) is 4.26. The fourth-order valence-corrected chi connectivity index (χ4v) is 2.66. The lowest BCUT2D eigenvalue weighted by Gasteiger charge is -2.11. The van der Waals surface area contributed by atoms with Crippen molar-refractivity contribution in [3.8, 4) is 17.1 Å². The Morgan fingerprint density at radius 1 is 1.12 bits per heavy atom. The molecule has 0 radical (unpaired) electrons. The number of carbonyl (C=O) groups excluding carboxylic acids is 1. The Morgan fingerprint density at radius 3 is 2.50 bits per heavy atom. The van der Waals surface area contributed by atoms with Gasteiger partial charge in [0.05, 0.1) is 18.4 Å². The molecule has 1 amide bonds. The molecule has 1 heterocycles. The third kappa shape index (κ3) is 3.83. The first-order valence-electron chi connectivity index (χ1n) is 8.03. The summed E-state index contributed by atoms with van der Waals surface area (Å²) >= 11 is 6.00. The number of halogens is 1. The van der Waals surface area contributed by atoms with Crippen LogP contribution in [0.1, 0.15) is 21.6 Å². The summed E-state index contributed by atoms with van der Waals surface area (Å²) in [6.45, 7) is 3.69. The van der Waals surface area contributed by atoms with Crippen LogP contribution in [-0.4, -0.2) is 23.0 Å². The second-order valence-electron chi connectivity index (χ2n) is 5.83. The van der Waals surface area contributed by atoms with Gasteiger partial charge in [0, 0.05) is 22.5 Å². The van der Waals surface area contributed by atoms with E-state index in [0.717, 1.165) is 16.9 Å². The molecule has 0 bridgehead atoms. The summed E-state index contributed by atoms with van der Waals surface area (Å²) in [6, 6.07) is 12.8. The van der Waals surface area contributed by atoms with E-state index in [-0.39, 0.29) is 5.91 Å². The quantitative estimate of drug-likeness (QED) is 0.727. The van der Waals surface area contributed by atoms with E-state index in [4.69, 9.17) is 16.3 Å². The number of benzene rings is 2. The molecule has 6 heteroatoms. The number of rotatable bonds is 4. The summed E-state index contributed by atoms with van der Waals surface area (Å²) in [4.78, 5) is 21.4. The monoisotopic (exact) mass is 367 g/mol. The van der Waals surface area contributed by atoms with Crippen LogP contribution in [-0.2, 0) is 0 Å². The first-order chi connectivity index (χ1) is 12.5. The molecule has 0 aliphatic carbocycles. The highest BCUT2D eigenvalue weighted by Crippen LogP contribution is 2.23. The summed E-state index contributed by atoms with van der Waals surface area (Å²) in [5.41, 5.74) is 3.47. The zero-order valence-electron chi connectivity index (χ0n) is 14.7. The Labute approximate surface area is 157 Å². The number of amides is 1. The molecular weight excluding hydrogens is 350 g/mol. The molecule has 0 aliphatic heterocycles. The normalized spacial score (nSPS) is 10.5. The summed E-state index contributed by atoms with van der Waals surface area (Å²) in [7, 11) is 1.62. The van der Waals surface area contributed by atoms with Crippen molar-refractivity contribution in [1.29, 1.82) is 0 Å². The predicted molar refractivity (Wildman–Crippen MR) is 103 cm³/mol. The lowest BCUT2D eigenvalue weighted by Crippen LogP contribution is -2.15. The second-order valence-corrected chi connectivity index (χ2v) is 6.27. The standard InChI is InChI=1S/C20H18ClN3O2/c1-12-4-7-15(21)10-18(12)24-20(25)17-11-22-19(23-13(17)2)14-5-8-16(26-3)9-6-14/h4-11H,1-3H3,(H,24,25). The summed E-state index contributed by atoms with van der Waals surface area (Å²) in [6.07, 6.45) is 1.54. The number of aromatic nitrogens is 2. The van der Waals surface area contributed by atoms with Crippen LogP contribution in [0, 0.1) is 13.8 Å². The lowest BCUT2D eigenvalue weighted by molar-refractivity contribution is 0.102. The van der Waals surface area contributed by atoms with Crippen LogP contribution < -0.4 is 10.1 Å². The van der Waals surface area contributed by atoms with Gasteiger partial charge in [0.15, 0.2) is 5.82 Å². The fourth-order valence-electron chi connectivity index (χ4n) is 2.49. The second kappa shape index (κ2) is 7.54. The van der Waals surface area contributed by atoms with Gasteiger partial charge in [-0.3, -0.25) is 4.79 Å². The molecule has 3 aromatic rings. The molecule has 3 rings (SSSR count). The number of anilines is 1. The molecule has 5 nitrogen and oxygen atoms in total. The van der Waals surface area contributed by atoms with Gasteiger partial charge in [-0.2, -0.15) is 0 Å². The van der Waals surface area contributed by atoms with E-state index in [0.29, 0.717) is 27.8 Å². The number of carbonyl (C=O) groups is 1. The van der Waals surface area contributed by atoms with Gasteiger partial charge in [0.2, 0.25) is 0 Å². The number of ether oxygens (including phenoxy) is 1. The van der Waals surface area contributed by atoms with Gasteiger partial charge in [0.25, 0.3) is 5.91 Å². The molecule has 2 aromatic carbocycles. The van der Waals surface area contributed by atoms with Gasteiger partial charge in [0.1, 0.15) is 5.75 Å². The summed E-state index contributed by atoms with van der Waals surface area (Å²) < 4.78 is 5.15. The first-order valence-corrected chi connectivity index (χ1v) is 8.41. The first kappa shape index (κ1) is 17.9. The number of hydrogen-bond donors (Lipinski definition) is 1. The fraction of sp³-hybridized carbons (Fsp3) is 0.150. The average molecular weight is 368 g/mol. The molecule has 1 N–H and O–H groups in total. The van der Waals surface area contributed by atoms with Crippen LogP contribution in [0.2, 0.25) is 5.02 Å². The Morgan fingerprint density at radius 2 is 1.85 bits per heavy atom. The van der Waals surface area contributed by atoms with Gasteiger partial charge in [-0.05, 0) is 55.8 Å². The minimum Gasteiger partial charge on any atom is -0.497 e. The maximum Gasteiger partial charge on any atom is 0.259 e. The molecule has 0 saturated heterocycles. The van der Waals surface area contributed by atoms with E-state index in [9.17, 15) is 4.79 Å². The zero-order valence-corrected chi connectivity index (χ0v) is 15.5. The largest absolute Gasteiger partial charge is 0.497 e. The lowest BCUT2D eigenvalue weighted by atomic mass is 10.1. The van der Waals surface area contributed by atoms with E-state index >= 15 is 0 Å². The number of nitrogens with one attached hydrogen (secondary N) is 1. The van der Waals surface area contributed by atoms with Crippen molar-refractivity contribution < 1.29 is 9.53 Å². The number of nitrogens with zero attached hydrogens (tertiary/aromatic N) is 2. The minimum atomic E-state index is -0.269. The molecule has 26 heavy (non-hydrogen) atoms. The predicted octanol–water partition coefficient (Wildman–Crippen LogP) is 4.67. The minimum absolute atomic E-state index is 0.269. The Hall–Kier alpha value is -2.92. The molecule has 0 aliphatic rings. The smallest absolute Gasteiger partial charge is 0.259 e. The average Bonchev–Trinajstić information content (AvgIpc) is 2.64. The van der Waals surface area contributed by atoms with Gasteiger partial charge in [-0.25, -0.2) is 9.97 Å². The van der Waals surface area contributed by atoms with E-state index < -0.39 is 0 Å². The van der Waals surface area contributed by atoms with Crippen LogP contribution in [0.3, 0.4) is 0 Å². The number of aryl methyl sites for hydroxylation is 2. The maximum atomic E-state index is 12.6. The number of methoxy groups -OCH3 is 1. The highest BCUT2D eigenvalue weighted by molar-refractivity contribution is 6.31. The van der Waals surface area contributed by atoms with Crippen LogP contribution in [0.25, 0.3) is 11.4 Å². The topological polar surface area (TPSA) is 64.1 Å². The van der Waals surface area contributed by atoms with Gasteiger partial charge < -0.3 is 10.1 Å². The van der Waals surface area contributed by atoms with Crippen molar-refractivity contribution in [2.45, 2.75) is 13.8 Å². The van der Waals surface area contributed by atoms with Crippen LogP contribution in [0.15, 0.2) is 48.7 Å². The van der Waals surface area contributed by atoms with Gasteiger partial charge in [-0.15, -0.1) is 0 Å². The summed E-state index contributed by atoms with van der Waals surface area (Å²) in [5, 5.41) is 3.43. The van der Waals surface area contributed by atoms with Crippen molar-refractivity contribution in [2.24, 2.45) is 0 Å². The zero-order chi connectivity index (χ0) is 18.7. The molecule has 0 atom stereocenters. The van der Waals surface area contributed by atoms with Crippen molar-refractivity contribution in [2.75, 3.05) is 12.4 Å². The SMILES string of the molecule is COc1ccc(-c2ncc(C(=O)Nc3cc(Cl)ccc3C)c(C)n2)cc1. The number of hydrogen-bond acceptors (Lipinski definition) is 4. The Bertz CT molecular complexity index is 956. The molecule has 0 unspecified atom stereocenters. The van der Waals surface area contributed by atoms with Gasteiger partial charge in [-0.1, -0.05) is 17.7 Å². The molecule has 1 aromatic heterocycles. The Kier molecular flexibility index (Phi) is 5.19. The maximum absolute atomic E-state index is 12.6. The van der Waals surface area contributed by atoms with E-state index in [1.54, 1.807) is 26.2 Å². The molecule has 0 saturated carbocycles. The molecule has 0 spiro atoms. The highest BCUT2D eigenvalue weighted by atomic mass is 35.5. The Balaban J connectivity index is 1.84. The molecular formula is C20H18ClN3O2. The summed E-state index contributed by atoms with van der Waals surface area (Å²) in [5.74, 6) is 1.05. The van der Waals surface area contributed by atoms with E-state index in [2.05, 4.69) is 15.3 Å². The van der Waals surface area contributed by atoms with Crippen molar-refractivity contribution in [3.63, 3.8) is 0 Å².